The predicted octanol–water partition coefficient (Wildman–Crippen LogP) is 0.825. The van der Waals surface area contributed by atoms with Gasteiger partial charge in [-0.05, 0) is 19.1 Å². The predicted molar refractivity (Wildman–Crippen MR) is 200 cm³/mol. The molecule has 1 aromatic rings. The molecule has 19 heteroatoms. The van der Waals surface area contributed by atoms with Crippen molar-refractivity contribution in [2.75, 3.05) is 172 Å². The summed E-state index contributed by atoms with van der Waals surface area (Å²) in [4.78, 5) is 24.1. The molecule has 18 nitrogen and oxygen atoms in total. The highest BCUT2D eigenvalue weighted by Gasteiger charge is 2.22. The average Bonchev–Trinajstić information content (AvgIpc) is 3.51. The SMILES string of the molecule is Cc1ccc(S(=O)(=O)OCCOCCOCCOCCOCCOCCOCCOCCOCCOCCOCCOCCOCCN2C(=O)C=CC2=O)cc1. The fourth-order valence-electron chi connectivity index (χ4n) is 4.30. The molecule has 0 saturated heterocycles. The summed E-state index contributed by atoms with van der Waals surface area (Å²) in [6.45, 7) is 12.1. The van der Waals surface area contributed by atoms with Crippen LogP contribution in [0.4, 0.5) is 0 Å². The summed E-state index contributed by atoms with van der Waals surface area (Å²) in [5, 5.41) is 0. The van der Waals surface area contributed by atoms with Gasteiger partial charge in [0.05, 0.1) is 177 Å². The smallest absolute Gasteiger partial charge is 0.297 e. The van der Waals surface area contributed by atoms with Crippen LogP contribution in [0.3, 0.4) is 0 Å². The Labute approximate surface area is 330 Å². The van der Waals surface area contributed by atoms with Gasteiger partial charge in [0.2, 0.25) is 0 Å². The fraction of sp³-hybridized carbons (Fsp3) is 0.730. The van der Waals surface area contributed by atoms with Crippen molar-refractivity contribution in [2.45, 2.75) is 11.8 Å². The van der Waals surface area contributed by atoms with Gasteiger partial charge in [0.1, 0.15) is 0 Å². The highest BCUT2D eigenvalue weighted by molar-refractivity contribution is 7.86. The molecular formula is C37H61NO17S. The molecule has 322 valence electrons. The third-order valence-electron chi connectivity index (χ3n) is 7.23. The van der Waals surface area contributed by atoms with Crippen LogP contribution in [0.1, 0.15) is 5.56 Å². The number of ether oxygens (including phenoxy) is 12. The zero-order valence-corrected chi connectivity index (χ0v) is 33.5. The first-order valence-corrected chi connectivity index (χ1v) is 20.2. The molecule has 0 radical (unpaired) electrons. The van der Waals surface area contributed by atoms with Crippen molar-refractivity contribution >= 4 is 21.9 Å². The molecule has 2 amide bonds. The van der Waals surface area contributed by atoms with E-state index in [1.54, 1.807) is 12.1 Å². The second-order valence-corrected chi connectivity index (χ2v) is 13.2. The number of rotatable bonds is 41. The van der Waals surface area contributed by atoms with Crippen molar-refractivity contribution in [3.05, 3.63) is 42.0 Å². The molecule has 0 aromatic heterocycles. The van der Waals surface area contributed by atoms with Gasteiger partial charge >= 0.3 is 0 Å². The molecule has 1 aromatic carbocycles. The molecule has 0 bridgehead atoms. The van der Waals surface area contributed by atoms with E-state index in [2.05, 4.69) is 0 Å². The van der Waals surface area contributed by atoms with Crippen molar-refractivity contribution in [2.24, 2.45) is 0 Å². The van der Waals surface area contributed by atoms with Gasteiger partial charge in [0.15, 0.2) is 0 Å². The minimum absolute atomic E-state index is 0.0675. The van der Waals surface area contributed by atoms with Crippen molar-refractivity contribution in [3.8, 4) is 0 Å². The molecule has 0 spiro atoms. The number of carbonyl (C=O) groups excluding carboxylic acids is 2. The van der Waals surface area contributed by atoms with E-state index >= 15 is 0 Å². The van der Waals surface area contributed by atoms with E-state index in [-0.39, 0.29) is 43.1 Å². The van der Waals surface area contributed by atoms with Gasteiger partial charge in [-0.3, -0.25) is 18.7 Å². The van der Waals surface area contributed by atoms with E-state index in [1.165, 1.54) is 24.3 Å². The number of hydrogen-bond donors (Lipinski definition) is 0. The highest BCUT2D eigenvalue weighted by atomic mass is 32.2. The van der Waals surface area contributed by atoms with Gasteiger partial charge in [-0.1, -0.05) is 17.7 Å². The van der Waals surface area contributed by atoms with E-state index in [1.807, 2.05) is 6.92 Å². The van der Waals surface area contributed by atoms with Gasteiger partial charge < -0.3 is 56.8 Å². The molecular weight excluding hydrogens is 762 g/mol. The van der Waals surface area contributed by atoms with E-state index in [9.17, 15) is 18.0 Å². The third-order valence-corrected chi connectivity index (χ3v) is 8.55. The van der Waals surface area contributed by atoms with Crippen molar-refractivity contribution < 1.29 is 79.0 Å². The fourth-order valence-corrected chi connectivity index (χ4v) is 5.20. The Hall–Kier alpha value is -2.47. The maximum absolute atomic E-state index is 12.1. The van der Waals surface area contributed by atoms with Crippen LogP contribution in [-0.4, -0.2) is 197 Å². The summed E-state index contributed by atoms with van der Waals surface area (Å²) in [6.07, 6.45) is 2.50. The monoisotopic (exact) mass is 823 g/mol. The quantitative estimate of drug-likeness (QED) is 0.0512. The summed E-state index contributed by atoms with van der Waals surface area (Å²) in [6, 6.07) is 6.46. The Kier molecular flexibility index (Phi) is 30.7. The first-order chi connectivity index (χ1) is 27.4. The summed E-state index contributed by atoms with van der Waals surface area (Å²) in [5.74, 6) is -0.626. The highest BCUT2D eigenvalue weighted by Crippen LogP contribution is 2.13. The maximum atomic E-state index is 12.1. The van der Waals surface area contributed by atoms with E-state index in [0.29, 0.717) is 145 Å². The lowest BCUT2D eigenvalue weighted by atomic mass is 10.2. The van der Waals surface area contributed by atoms with E-state index in [0.717, 1.165) is 10.5 Å². The molecule has 1 heterocycles. The molecule has 1 aliphatic heterocycles. The molecule has 0 aliphatic carbocycles. The number of carbonyl (C=O) groups is 2. The average molecular weight is 824 g/mol. The molecule has 56 heavy (non-hydrogen) atoms. The Bertz CT molecular complexity index is 1230. The zero-order chi connectivity index (χ0) is 40.2. The Morgan fingerprint density at radius 1 is 0.393 bits per heavy atom. The Morgan fingerprint density at radius 3 is 0.929 bits per heavy atom. The van der Waals surface area contributed by atoms with Crippen LogP contribution in [0, 0.1) is 6.92 Å². The number of aryl methyl sites for hydroxylation is 1. The lowest BCUT2D eigenvalue weighted by molar-refractivity contribution is -0.137. The minimum Gasteiger partial charge on any atom is -0.377 e. The summed E-state index contributed by atoms with van der Waals surface area (Å²) < 4.78 is 94.4. The summed E-state index contributed by atoms with van der Waals surface area (Å²) >= 11 is 0. The second kappa shape index (κ2) is 34.6. The standard InChI is InChI=1S/C37H61NO17S/c1-34-2-4-35(5-3-34)56(41,42)55-33-32-54-31-30-53-29-28-52-27-26-51-25-24-50-23-22-49-21-20-48-19-18-47-17-16-46-15-14-45-13-12-44-11-10-43-9-8-38-36(39)6-7-37(38)40/h2-7H,8-33H2,1H3. The van der Waals surface area contributed by atoms with Gasteiger partial charge in [0.25, 0.3) is 21.9 Å². The van der Waals surface area contributed by atoms with Gasteiger partial charge in [-0.25, -0.2) is 0 Å². The number of amides is 2. The van der Waals surface area contributed by atoms with Crippen LogP contribution in [0.25, 0.3) is 0 Å². The molecule has 1 aliphatic rings. The zero-order valence-electron chi connectivity index (χ0n) is 32.6. The number of benzene rings is 1. The van der Waals surface area contributed by atoms with Crippen LogP contribution in [0.15, 0.2) is 41.3 Å². The number of imide groups is 1. The molecule has 0 fully saturated rings. The van der Waals surface area contributed by atoms with Crippen LogP contribution in [-0.2, 0) is 80.7 Å². The normalized spacial score (nSPS) is 13.1. The lowest BCUT2D eigenvalue weighted by Gasteiger charge is -2.13. The van der Waals surface area contributed by atoms with Crippen molar-refractivity contribution in [3.63, 3.8) is 0 Å². The van der Waals surface area contributed by atoms with E-state index < -0.39 is 10.1 Å². The summed E-state index contributed by atoms with van der Waals surface area (Å²) in [5.41, 5.74) is 0.969. The van der Waals surface area contributed by atoms with Gasteiger partial charge in [-0.2, -0.15) is 8.42 Å². The van der Waals surface area contributed by atoms with Gasteiger partial charge in [0, 0.05) is 12.2 Å². The molecule has 2 rings (SSSR count). The summed E-state index contributed by atoms with van der Waals surface area (Å²) in [7, 11) is -3.78. The van der Waals surface area contributed by atoms with Crippen LogP contribution in [0.5, 0.6) is 0 Å². The Balaban J connectivity index is 1.15. The Morgan fingerprint density at radius 2 is 0.643 bits per heavy atom. The minimum atomic E-state index is -3.78. The van der Waals surface area contributed by atoms with Crippen LogP contribution < -0.4 is 0 Å². The number of hydrogen-bond acceptors (Lipinski definition) is 17. The molecule has 0 unspecified atom stereocenters. The lowest BCUT2D eigenvalue weighted by Crippen LogP contribution is -2.33. The molecule has 0 N–H and O–H groups in total. The van der Waals surface area contributed by atoms with E-state index in [4.69, 9.17) is 61.0 Å². The first kappa shape index (κ1) is 49.7. The molecule has 0 atom stereocenters. The second-order valence-electron chi connectivity index (χ2n) is 11.6. The largest absolute Gasteiger partial charge is 0.377 e. The van der Waals surface area contributed by atoms with Crippen LogP contribution in [0.2, 0.25) is 0 Å². The number of nitrogens with zero attached hydrogens (tertiary/aromatic N) is 1. The first-order valence-electron chi connectivity index (χ1n) is 18.8. The molecule has 0 saturated carbocycles. The van der Waals surface area contributed by atoms with Crippen LogP contribution >= 0.6 is 0 Å². The third kappa shape index (κ3) is 27.2. The van der Waals surface area contributed by atoms with Crippen molar-refractivity contribution in [1.82, 2.24) is 4.90 Å². The van der Waals surface area contributed by atoms with Crippen molar-refractivity contribution in [1.29, 1.82) is 0 Å². The topological polar surface area (TPSA) is 192 Å². The van der Waals surface area contributed by atoms with Gasteiger partial charge in [-0.15, -0.1) is 0 Å². The maximum Gasteiger partial charge on any atom is 0.297 e.